The first kappa shape index (κ1) is 18.0. The number of hydrogen-bond acceptors (Lipinski definition) is 5. The highest BCUT2D eigenvalue weighted by Crippen LogP contribution is 2.29. The van der Waals surface area contributed by atoms with E-state index in [1.807, 2.05) is 39.0 Å². The first-order chi connectivity index (χ1) is 11.4. The van der Waals surface area contributed by atoms with Gasteiger partial charge in [-0.05, 0) is 37.5 Å². The van der Waals surface area contributed by atoms with Crippen molar-refractivity contribution in [1.82, 2.24) is 10.3 Å². The van der Waals surface area contributed by atoms with Crippen molar-refractivity contribution in [3.8, 4) is 5.75 Å². The smallest absolute Gasteiger partial charge is 0.312 e. The second kappa shape index (κ2) is 7.96. The molecule has 1 atom stereocenters. The van der Waals surface area contributed by atoms with Gasteiger partial charge in [0.1, 0.15) is 11.8 Å². The van der Waals surface area contributed by atoms with Crippen molar-refractivity contribution in [2.75, 3.05) is 11.9 Å². The highest BCUT2D eigenvalue weighted by molar-refractivity contribution is 7.22. The molecule has 0 saturated carbocycles. The molecule has 4 N–H and O–H groups in total. The highest BCUT2D eigenvalue weighted by atomic mass is 32.1. The van der Waals surface area contributed by atoms with Gasteiger partial charge in [0, 0.05) is 0 Å². The number of nitrogens with zero attached hydrogens (tertiary/aromatic N) is 1. The molecule has 0 unspecified atom stereocenters. The monoisotopic (exact) mass is 350 g/mol. The average Bonchev–Trinajstić information content (AvgIpc) is 2.87. The first-order valence-corrected chi connectivity index (χ1v) is 8.61. The van der Waals surface area contributed by atoms with Gasteiger partial charge < -0.3 is 21.1 Å². The molecule has 3 amide bonds. The summed E-state index contributed by atoms with van der Waals surface area (Å²) in [6.07, 6.45) is 0.494. The molecular formula is C16H22N4O3S. The summed E-state index contributed by atoms with van der Waals surface area (Å²) in [6.45, 7) is 6.44. The molecule has 130 valence electrons. The van der Waals surface area contributed by atoms with Crippen LogP contribution < -0.4 is 21.1 Å². The molecule has 8 heteroatoms. The number of rotatable bonds is 7. The summed E-state index contributed by atoms with van der Waals surface area (Å²) >= 11 is 1.35. The summed E-state index contributed by atoms with van der Waals surface area (Å²) in [5.41, 5.74) is 5.93. The average molecular weight is 350 g/mol. The number of carbonyl (C=O) groups is 2. The third-order valence-corrected chi connectivity index (χ3v) is 4.17. The molecule has 7 nitrogen and oxygen atoms in total. The van der Waals surface area contributed by atoms with Gasteiger partial charge in [0.2, 0.25) is 5.91 Å². The number of thiazole rings is 1. The van der Waals surface area contributed by atoms with Gasteiger partial charge in [-0.2, -0.15) is 0 Å². The maximum atomic E-state index is 12.4. The number of anilines is 1. The Bertz CT molecular complexity index is 729. The summed E-state index contributed by atoms with van der Waals surface area (Å²) in [5, 5.41) is 5.70. The van der Waals surface area contributed by atoms with E-state index in [0.29, 0.717) is 18.2 Å². The van der Waals surface area contributed by atoms with Crippen molar-refractivity contribution >= 4 is 38.6 Å². The number of primary amides is 1. The predicted octanol–water partition coefficient (Wildman–Crippen LogP) is 2.72. The molecule has 1 heterocycles. The number of hydrogen-bond donors (Lipinski definition) is 3. The van der Waals surface area contributed by atoms with Crippen LogP contribution in [0.1, 0.15) is 27.2 Å². The lowest BCUT2D eigenvalue weighted by Crippen LogP contribution is -2.46. The molecule has 2 rings (SSSR count). The number of fused-ring (bicyclic) bond motifs is 1. The fourth-order valence-electron chi connectivity index (χ4n) is 2.28. The Morgan fingerprint density at radius 1 is 1.38 bits per heavy atom. The minimum Gasteiger partial charge on any atom is -0.494 e. The zero-order chi connectivity index (χ0) is 17.7. The van der Waals surface area contributed by atoms with Crippen LogP contribution in [0.25, 0.3) is 10.2 Å². The van der Waals surface area contributed by atoms with Crippen molar-refractivity contribution in [1.29, 1.82) is 0 Å². The number of aromatic nitrogens is 1. The predicted molar refractivity (Wildman–Crippen MR) is 95.4 cm³/mol. The molecule has 1 aromatic heterocycles. The zero-order valence-electron chi connectivity index (χ0n) is 14.0. The number of nitrogens with two attached hydrogens (primary N) is 1. The lowest BCUT2D eigenvalue weighted by Gasteiger charge is -2.18. The van der Waals surface area contributed by atoms with Gasteiger partial charge in [-0.25, -0.2) is 9.78 Å². The van der Waals surface area contributed by atoms with E-state index in [1.165, 1.54) is 11.3 Å². The van der Waals surface area contributed by atoms with Gasteiger partial charge in [0.05, 0.1) is 16.8 Å². The summed E-state index contributed by atoms with van der Waals surface area (Å²) in [6, 6.07) is 4.17. The molecule has 2 aromatic rings. The Labute approximate surface area is 144 Å². The topological polar surface area (TPSA) is 106 Å². The van der Waals surface area contributed by atoms with Crippen molar-refractivity contribution < 1.29 is 14.3 Å². The molecular weight excluding hydrogens is 328 g/mol. The van der Waals surface area contributed by atoms with E-state index in [2.05, 4.69) is 15.6 Å². The Morgan fingerprint density at radius 2 is 2.12 bits per heavy atom. The van der Waals surface area contributed by atoms with Crippen LogP contribution in [0.5, 0.6) is 5.75 Å². The Morgan fingerprint density at radius 3 is 2.75 bits per heavy atom. The second-order valence-corrected chi connectivity index (χ2v) is 6.79. The third-order valence-electron chi connectivity index (χ3n) is 3.24. The number of benzene rings is 1. The maximum absolute atomic E-state index is 12.4. The van der Waals surface area contributed by atoms with Gasteiger partial charge in [-0.15, -0.1) is 0 Å². The second-order valence-electron chi connectivity index (χ2n) is 5.76. The lowest BCUT2D eigenvalue weighted by molar-refractivity contribution is -0.118. The van der Waals surface area contributed by atoms with E-state index in [0.717, 1.165) is 16.0 Å². The van der Waals surface area contributed by atoms with E-state index in [1.54, 1.807) is 0 Å². The van der Waals surface area contributed by atoms with Gasteiger partial charge >= 0.3 is 6.03 Å². The number of ether oxygens (including phenoxy) is 1. The highest BCUT2D eigenvalue weighted by Gasteiger charge is 2.22. The Hall–Kier alpha value is -2.35. The van der Waals surface area contributed by atoms with Gasteiger partial charge in [-0.3, -0.25) is 4.79 Å². The van der Waals surface area contributed by atoms with Crippen LogP contribution in [0.3, 0.4) is 0 Å². The number of amides is 3. The van der Waals surface area contributed by atoms with Crippen LogP contribution in [0.4, 0.5) is 9.93 Å². The molecule has 0 saturated heterocycles. The Balaban J connectivity index is 2.14. The minimum atomic E-state index is -0.721. The van der Waals surface area contributed by atoms with Crippen molar-refractivity contribution in [3.63, 3.8) is 0 Å². The van der Waals surface area contributed by atoms with Gasteiger partial charge in [-0.1, -0.05) is 25.2 Å². The van der Waals surface area contributed by atoms with Gasteiger partial charge in [0.15, 0.2) is 5.13 Å². The van der Waals surface area contributed by atoms with Crippen LogP contribution in [-0.2, 0) is 4.79 Å². The third kappa shape index (κ3) is 4.82. The normalized spacial score (nSPS) is 12.2. The quantitative estimate of drug-likeness (QED) is 0.713. The standard InChI is InChI=1S/C16H22N4O3S/c1-4-23-10-5-6-11-13(8-10)24-16(19-11)20-14(21)12(7-9(2)3)18-15(17)22/h5-6,8-9,12H,4,7H2,1-3H3,(H3,17,18,22)(H,19,20,21)/t12-/m0/s1. The van der Waals surface area contributed by atoms with Crippen LogP contribution >= 0.6 is 11.3 Å². The molecule has 0 radical (unpaired) electrons. The van der Waals surface area contributed by atoms with E-state index < -0.39 is 12.1 Å². The van der Waals surface area contributed by atoms with E-state index in [-0.39, 0.29) is 11.8 Å². The largest absolute Gasteiger partial charge is 0.494 e. The van der Waals surface area contributed by atoms with E-state index >= 15 is 0 Å². The van der Waals surface area contributed by atoms with Crippen molar-refractivity contribution in [2.45, 2.75) is 33.2 Å². The SMILES string of the molecule is CCOc1ccc2nc(NC(=O)[C@H](CC(C)C)NC(N)=O)sc2c1. The lowest BCUT2D eigenvalue weighted by atomic mass is 10.0. The molecule has 0 aliphatic carbocycles. The maximum Gasteiger partial charge on any atom is 0.312 e. The Kier molecular flexibility index (Phi) is 5.97. The molecule has 24 heavy (non-hydrogen) atoms. The summed E-state index contributed by atoms with van der Waals surface area (Å²) in [5.74, 6) is 0.669. The molecule has 1 aromatic carbocycles. The first-order valence-electron chi connectivity index (χ1n) is 7.79. The molecule has 0 bridgehead atoms. The number of nitrogens with one attached hydrogen (secondary N) is 2. The van der Waals surface area contributed by atoms with E-state index in [4.69, 9.17) is 10.5 Å². The van der Waals surface area contributed by atoms with Crippen molar-refractivity contribution in [3.05, 3.63) is 18.2 Å². The summed E-state index contributed by atoms with van der Waals surface area (Å²) in [7, 11) is 0. The fourth-order valence-corrected chi connectivity index (χ4v) is 3.18. The number of carbonyl (C=O) groups excluding carboxylic acids is 2. The molecule has 0 spiro atoms. The number of urea groups is 1. The van der Waals surface area contributed by atoms with Crippen LogP contribution in [0.2, 0.25) is 0 Å². The molecule has 0 fully saturated rings. The van der Waals surface area contributed by atoms with Gasteiger partial charge in [0.25, 0.3) is 0 Å². The van der Waals surface area contributed by atoms with Crippen LogP contribution in [0, 0.1) is 5.92 Å². The van der Waals surface area contributed by atoms with Crippen LogP contribution in [0.15, 0.2) is 18.2 Å². The summed E-state index contributed by atoms with van der Waals surface area (Å²) in [4.78, 5) is 27.9. The van der Waals surface area contributed by atoms with Crippen molar-refractivity contribution in [2.24, 2.45) is 11.7 Å². The zero-order valence-corrected chi connectivity index (χ0v) is 14.8. The molecule has 0 aliphatic heterocycles. The molecule has 0 aliphatic rings. The minimum absolute atomic E-state index is 0.233. The van der Waals surface area contributed by atoms with Crippen LogP contribution in [-0.4, -0.2) is 29.6 Å². The van der Waals surface area contributed by atoms with E-state index in [9.17, 15) is 9.59 Å². The summed E-state index contributed by atoms with van der Waals surface area (Å²) < 4.78 is 6.38. The fraction of sp³-hybridized carbons (Fsp3) is 0.438.